The van der Waals surface area contributed by atoms with Crippen LogP contribution in [0.1, 0.15) is 33.2 Å². The molecule has 2 aromatic carbocycles. The normalized spacial score (nSPS) is 10.0. The minimum atomic E-state index is -0.692. The molecule has 2 amide bonds. The Morgan fingerprint density at radius 3 is 2.37 bits per heavy atom. The molecule has 0 fully saturated rings. The Morgan fingerprint density at radius 2 is 1.74 bits per heavy atom. The van der Waals surface area contributed by atoms with Crippen LogP contribution >= 0.6 is 11.6 Å². The molecule has 142 valence electrons. The number of amides is 2. The molecular formula is C19H19ClN2O5. The number of benzene rings is 2. The zero-order valence-corrected chi connectivity index (χ0v) is 15.6. The lowest BCUT2D eigenvalue weighted by atomic mass is 10.1. The lowest BCUT2D eigenvalue weighted by Crippen LogP contribution is -2.43. The number of hydrogen-bond acceptors (Lipinski definition) is 5. The van der Waals surface area contributed by atoms with Crippen molar-refractivity contribution in [1.82, 2.24) is 10.9 Å². The summed E-state index contributed by atoms with van der Waals surface area (Å²) in [5, 5.41) is 0.343. The lowest BCUT2D eigenvalue weighted by molar-refractivity contribution is -0.125. The Morgan fingerprint density at radius 1 is 1.04 bits per heavy atom. The molecular weight excluding hydrogens is 372 g/mol. The van der Waals surface area contributed by atoms with Gasteiger partial charge in [0.05, 0.1) is 18.2 Å². The van der Waals surface area contributed by atoms with E-state index in [-0.39, 0.29) is 5.56 Å². The zero-order chi connectivity index (χ0) is 19.8. The van der Waals surface area contributed by atoms with Crippen LogP contribution in [0.3, 0.4) is 0 Å². The van der Waals surface area contributed by atoms with Crippen molar-refractivity contribution in [2.45, 2.75) is 13.3 Å². The van der Waals surface area contributed by atoms with Crippen LogP contribution in [0.2, 0.25) is 5.02 Å². The van der Waals surface area contributed by atoms with E-state index >= 15 is 0 Å². The van der Waals surface area contributed by atoms with Crippen molar-refractivity contribution in [1.29, 1.82) is 0 Å². The van der Waals surface area contributed by atoms with Crippen LogP contribution in [-0.4, -0.2) is 31.5 Å². The van der Waals surface area contributed by atoms with Gasteiger partial charge in [0.25, 0.3) is 11.8 Å². The number of esters is 1. The third-order valence-electron chi connectivity index (χ3n) is 3.65. The van der Waals surface area contributed by atoms with Gasteiger partial charge in [-0.25, -0.2) is 4.79 Å². The molecule has 0 radical (unpaired) electrons. The highest BCUT2D eigenvalue weighted by atomic mass is 35.5. The van der Waals surface area contributed by atoms with Gasteiger partial charge in [0.2, 0.25) is 0 Å². The van der Waals surface area contributed by atoms with Crippen molar-refractivity contribution in [2.75, 3.05) is 13.7 Å². The number of ether oxygens (including phenoxy) is 2. The van der Waals surface area contributed by atoms with Crippen molar-refractivity contribution in [3.05, 3.63) is 64.2 Å². The van der Waals surface area contributed by atoms with Gasteiger partial charge < -0.3 is 9.47 Å². The molecule has 7 nitrogen and oxygen atoms in total. The molecule has 2 rings (SSSR count). The highest BCUT2D eigenvalue weighted by molar-refractivity contribution is 6.31. The first-order chi connectivity index (χ1) is 12.9. The Labute approximate surface area is 161 Å². The van der Waals surface area contributed by atoms with Crippen LogP contribution in [0.5, 0.6) is 5.75 Å². The van der Waals surface area contributed by atoms with Crippen LogP contribution in [0, 0.1) is 0 Å². The number of carbonyl (C=O) groups is 3. The highest BCUT2D eigenvalue weighted by Gasteiger charge is 2.15. The Balaban J connectivity index is 1.84. The van der Waals surface area contributed by atoms with E-state index in [1.165, 1.54) is 19.2 Å². The summed E-state index contributed by atoms with van der Waals surface area (Å²) in [6, 6.07) is 11.4. The van der Waals surface area contributed by atoms with Crippen LogP contribution in [0.15, 0.2) is 42.5 Å². The van der Waals surface area contributed by atoms with Gasteiger partial charge in [-0.15, -0.1) is 0 Å². The number of carbonyl (C=O) groups excluding carboxylic acids is 3. The fourth-order valence-electron chi connectivity index (χ4n) is 2.18. The summed E-state index contributed by atoms with van der Waals surface area (Å²) in [4.78, 5) is 35.8. The van der Waals surface area contributed by atoms with Crippen LogP contribution < -0.4 is 15.6 Å². The maximum atomic E-state index is 12.1. The minimum Gasteiger partial charge on any atom is -0.496 e. The summed E-state index contributed by atoms with van der Waals surface area (Å²) in [7, 11) is 1.41. The molecule has 0 heterocycles. The molecule has 0 aliphatic carbocycles. The molecule has 0 saturated carbocycles. The first-order valence-corrected chi connectivity index (χ1v) is 8.51. The molecule has 2 N–H and O–H groups in total. The summed E-state index contributed by atoms with van der Waals surface area (Å²) in [5.41, 5.74) is 5.95. The quantitative estimate of drug-likeness (QED) is 0.584. The van der Waals surface area contributed by atoms with E-state index in [1.54, 1.807) is 18.2 Å². The van der Waals surface area contributed by atoms with Crippen LogP contribution in [0.25, 0.3) is 0 Å². The monoisotopic (exact) mass is 390 g/mol. The zero-order valence-electron chi connectivity index (χ0n) is 14.9. The third kappa shape index (κ3) is 5.72. The lowest BCUT2D eigenvalue weighted by Gasteiger charge is -2.11. The Kier molecular flexibility index (Phi) is 7.19. The fraction of sp³-hybridized carbons (Fsp3) is 0.211. The SMILES string of the molecule is CCc1ccc(C(=O)OCC(=O)NNC(=O)c2cc(Cl)ccc2OC)cc1. The molecule has 0 atom stereocenters. The third-order valence-corrected chi connectivity index (χ3v) is 3.89. The van der Waals surface area contributed by atoms with Gasteiger partial charge in [0.1, 0.15) is 5.75 Å². The second-order valence-electron chi connectivity index (χ2n) is 5.47. The fourth-order valence-corrected chi connectivity index (χ4v) is 2.35. The van der Waals surface area contributed by atoms with Gasteiger partial charge in [-0.2, -0.15) is 0 Å². The van der Waals surface area contributed by atoms with Gasteiger partial charge in [-0.1, -0.05) is 30.7 Å². The molecule has 2 aromatic rings. The minimum absolute atomic E-state index is 0.151. The molecule has 0 aromatic heterocycles. The molecule has 0 spiro atoms. The van der Waals surface area contributed by atoms with E-state index < -0.39 is 24.4 Å². The summed E-state index contributed by atoms with van der Waals surface area (Å²) >= 11 is 5.86. The first kappa shape index (κ1) is 20.3. The summed E-state index contributed by atoms with van der Waals surface area (Å²) < 4.78 is 9.99. The highest BCUT2D eigenvalue weighted by Crippen LogP contribution is 2.22. The smallest absolute Gasteiger partial charge is 0.338 e. The average Bonchev–Trinajstić information content (AvgIpc) is 2.70. The number of hydrazine groups is 1. The van der Waals surface area contributed by atoms with Crippen molar-refractivity contribution in [2.24, 2.45) is 0 Å². The van der Waals surface area contributed by atoms with E-state index in [0.29, 0.717) is 16.3 Å². The standard InChI is InChI=1S/C19H19ClN2O5/c1-3-12-4-6-13(7-5-12)19(25)27-11-17(23)21-22-18(24)15-10-14(20)8-9-16(15)26-2/h4-10H,3,11H2,1-2H3,(H,21,23)(H,22,24). The van der Waals surface area contributed by atoms with Gasteiger partial charge >= 0.3 is 5.97 Å². The number of hydrogen-bond donors (Lipinski definition) is 2. The van der Waals surface area contributed by atoms with E-state index in [1.807, 2.05) is 19.1 Å². The molecule has 27 heavy (non-hydrogen) atoms. The number of rotatable bonds is 6. The second kappa shape index (κ2) is 9.59. The first-order valence-electron chi connectivity index (χ1n) is 8.13. The summed E-state index contributed by atoms with van der Waals surface area (Å²) in [5.74, 6) is -1.64. The maximum absolute atomic E-state index is 12.1. The molecule has 8 heteroatoms. The van der Waals surface area contributed by atoms with Gasteiger partial charge in [0, 0.05) is 5.02 Å². The molecule has 0 saturated heterocycles. The number of aryl methyl sites for hydroxylation is 1. The Bertz CT molecular complexity index is 836. The van der Waals surface area contributed by atoms with Gasteiger partial charge in [-0.05, 0) is 42.3 Å². The predicted molar refractivity (Wildman–Crippen MR) is 99.7 cm³/mol. The average molecular weight is 391 g/mol. The molecule has 0 unspecified atom stereocenters. The summed E-state index contributed by atoms with van der Waals surface area (Å²) in [6.07, 6.45) is 0.856. The Hall–Kier alpha value is -3.06. The predicted octanol–water partition coefficient (Wildman–Crippen LogP) is 2.53. The largest absolute Gasteiger partial charge is 0.496 e. The number of halogens is 1. The van der Waals surface area contributed by atoms with Crippen molar-refractivity contribution < 1.29 is 23.9 Å². The topological polar surface area (TPSA) is 93.7 Å². The van der Waals surface area contributed by atoms with Crippen LogP contribution in [0.4, 0.5) is 0 Å². The second-order valence-corrected chi connectivity index (χ2v) is 5.91. The van der Waals surface area contributed by atoms with E-state index in [2.05, 4.69) is 10.9 Å². The van der Waals surface area contributed by atoms with E-state index in [9.17, 15) is 14.4 Å². The molecule has 0 aliphatic heterocycles. The molecule has 0 bridgehead atoms. The maximum Gasteiger partial charge on any atom is 0.338 e. The number of nitrogens with one attached hydrogen (secondary N) is 2. The van der Waals surface area contributed by atoms with Crippen molar-refractivity contribution in [3.8, 4) is 5.75 Å². The molecule has 0 aliphatic rings. The van der Waals surface area contributed by atoms with E-state index in [0.717, 1.165) is 12.0 Å². The van der Waals surface area contributed by atoms with Gasteiger partial charge in [0.15, 0.2) is 6.61 Å². The van der Waals surface area contributed by atoms with E-state index in [4.69, 9.17) is 21.1 Å². The summed E-state index contributed by atoms with van der Waals surface area (Å²) in [6.45, 7) is 1.46. The number of methoxy groups -OCH3 is 1. The van der Waals surface area contributed by atoms with Gasteiger partial charge in [-0.3, -0.25) is 20.4 Å². The van der Waals surface area contributed by atoms with Crippen molar-refractivity contribution in [3.63, 3.8) is 0 Å². The van der Waals surface area contributed by atoms with Crippen molar-refractivity contribution >= 4 is 29.4 Å². The van der Waals surface area contributed by atoms with Crippen LogP contribution in [-0.2, 0) is 16.0 Å².